The molecule has 12 nitrogen and oxygen atoms in total. The number of rotatable bonds is 7. The van der Waals surface area contributed by atoms with Crippen molar-refractivity contribution in [2.45, 2.75) is 170 Å². The van der Waals surface area contributed by atoms with Gasteiger partial charge in [-0.2, -0.15) is 0 Å². The normalized spacial score (nSPS) is 49.8. The van der Waals surface area contributed by atoms with Gasteiger partial charge in [0.05, 0.1) is 24.2 Å². The van der Waals surface area contributed by atoms with Crippen molar-refractivity contribution in [3.8, 4) is 0 Å². The average molecular weight is 761 g/mol. The minimum absolute atomic E-state index is 0.00733. The summed E-state index contributed by atoms with van der Waals surface area (Å²) in [6, 6.07) is 0. The Labute approximate surface area is 320 Å². The Kier molecular flexibility index (Phi) is 10.5. The molecule has 12 heteroatoms. The molecule has 0 radical (unpaired) electrons. The molecule has 4 saturated carbocycles. The van der Waals surface area contributed by atoms with Crippen LogP contribution in [0.3, 0.4) is 0 Å². The molecule has 0 unspecified atom stereocenters. The minimum Gasteiger partial charge on any atom is -0.481 e. The third-order valence-electron chi connectivity index (χ3n) is 16.4. The third-order valence-corrected chi connectivity index (χ3v) is 16.4. The van der Waals surface area contributed by atoms with Crippen molar-refractivity contribution in [3.63, 3.8) is 0 Å². The zero-order valence-electron chi connectivity index (χ0n) is 33.9. The Bertz CT molecular complexity index is 1560. The van der Waals surface area contributed by atoms with Gasteiger partial charge in [-0.3, -0.25) is 19.2 Å². The summed E-state index contributed by atoms with van der Waals surface area (Å²) in [5.74, 6) is -2.37. The highest BCUT2D eigenvalue weighted by atomic mass is 16.7. The number of allylic oxidation sites excluding steroid dienone is 2. The first-order valence-electron chi connectivity index (χ1n) is 20.1. The van der Waals surface area contributed by atoms with Gasteiger partial charge in [0.25, 0.3) is 0 Å². The van der Waals surface area contributed by atoms with E-state index < -0.39 is 83.0 Å². The summed E-state index contributed by atoms with van der Waals surface area (Å²) >= 11 is 0. The zero-order chi connectivity index (χ0) is 40.0. The molecule has 0 bridgehead atoms. The zero-order valence-corrected chi connectivity index (χ0v) is 33.9. The number of aliphatic hydroxyl groups is 2. The Morgan fingerprint density at radius 1 is 0.833 bits per heavy atom. The van der Waals surface area contributed by atoms with E-state index in [9.17, 15) is 34.5 Å². The highest BCUT2D eigenvalue weighted by Gasteiger charge is 2.71. The van der Waals surface area contributed by atoms with E-state index >= 15 is 0 Å². The van der Waals surface area contributed by atoms with E-state index in [1.54, 1.807) is 6.92 Å². The van der Waals surface area contributed by atoms with Crippen LogP contribution in [0.1, 0.15) is 127 Å². The first-order valence-corrected chi connectivity index (χ1v) is 20.1. The number of carbonyl (C=O) groups excluding carboxylic acids is 3. The van der Waals surface area contributed by atoms with Crippen molar-refractivity contribution in [2.24, 2.45) is 50.2 Å². The van der Waals surface area contributed by atoms with Gasteiger partial charge in [0.15, 0.2) is 18.5 Å². The predicted octanol–water partition coefficient (Wildman–Crippen LogP) is 5.74. The summed E-state index contributed by atoms with van der Waals surface area (Å²) in [4.78, 5) is 49.1. The highest BCUT2D eigenvalue weighted by molar-refractivity contribution is 5.74. The average Bonchev–Trinajstić information content (AvgIpc) is 3.07. The van der Waals surface area contributed by atoms with Crippen molar-refractivity contribution >= 4 is 23.9 Å². The van der Waals surface area contributed by atoms with Gasteiger partial charge in [-0.05, 0) is 99.2 Å². The number of carbonyl (C=O) groups is 4. The molecular formula is C42H64O12. The van der Waals surface area contributed by atoms with Gasteiger partial charge in [-0.1, -0.05) is 46.3 Å². The highest BCUT2D eigenvalue weighted by Crippen LogP contribution is 2.76. The predicted molar refractivity (Wildman–Crippen MR) is 195 cm³/mol. The summed E-state index contributed by atoms with van der Waals surface area (Å²) in [5, 5.41) is 34.0. The largest absolute Gasteiger partial charge is 0.481 e. The van der Waals surface area contributed by atoms with Gasteiger partial charge in [-0.15, -0.1) is 0 Å². The van der Waals surface area contributed by atoms with E-state index in [4.69, 9.17) is 23.7 Å². The molecule has 1 heterocycles. The van der Waals surface area contributed by atoms with Crippen LogP contribution in [0.25, 0.3) is 0 Å². The van der Waals surface area contributed by atoms with Gasteiger partial charge in [0.1, 0.15) is 12.2 Å². The molecule has 1 saturated heterocycles. The molecule has 0 aromatic carbocycles. The molecule has 0 aromatic heterocycles. The van der Waals surface area contributed by atoms with Gasteiger partial charge >= 0.3 is 23.9 Å². The van der Waals surface area contributed by atoms with E-state index in [1.807, 2.05) is 13.8 Å². The standard InChI is InChI=1S/C42H64O12/c1-22-33(53-24(3)44)34(54-25(4)45)32(47)35(51-22)50-21-39(7)28-13-14-41(9)29(42(28,10)30(46)19-31(39)52-23(2)43)12-11-26-27-20-38(6,36(48)49)16-15-37(27,5)17-18-40(26,41)8/h11,22,27-35,46-47H,12-21H2,1-10H3,(H,48,49)/t22-,27+,28-,29-,30-,31-,32+,33-,34-,35+,37+,38+,39-,40+,41+,42-/m0/s1. The lowest BCUT2D eigenvalue weighted by Gasteiger charge is -2.72. The molecule has 3 N–H and O–H groups in total. The van der Waals surface area contributed by atoms with Crippen LogP contribution >= 0.6 is 0 Å². The third kappa shape index (κ3) is 6.24. The smallest absolute Gasteiger partial charge is 0.309 e. The maximum atomic E-state index is 12.6. The molecular weight excluding hydrogens is 696 g/mol. The van der Waals surface area contributed by atoms with Crippen molar-refractivity contribution < 1.29 is 58.2 Å². The summed E-state index contributed by atoms with van der Waals surface area (Å²) in [6.45, 7) is 18.7. The van der Waals surface area contributed by atoms with Crippen LogP contribution in [-0.2, 0) is 42.9 Å². The molecule has 6 rings (SSSR count). The van der Waals surface area contributed by atoms with Gasteiger partial charge in [-0.25, -0.2) is 0 Å². The number of hydrogen-bond acceptors (Lipinski definition) is 11. The topological polar surface area (TPSA) is 175 Å². The fraction of sp³-hybridized carbons (Fsp3) is 0.857. The van der Waals surface area contributed by atoms with Crippen molar-refractivity contribution in [2.75, 3.05) is 6.61 Å². The van der Waals surface area contributed by atoms with E-state index in [1.165, 1.54) is 26.3 Å². The van der Waals surface area contributed by atoms with Crippen LogP contribution in [0.2, 0.25) is 0 Å². The summed E-state index contributed by atoms with van der Waals surface area (Å²) in [7, 11) is 0. The van der Waals surface area contributed by atoms with Gasteiger partial charge in [0, 0.05) is 38.0 Å². The van der Waals surface area contributed by atoms with Crippen LogP contribution in [0.15, 0.2) is 11.6 Å². The molecule has 304 valence electrons. The molecule has 5 fully saturated rings. The second-order valence-corrected chi connectivity index (χ2v) is 19.4. The lowest BCUT2D eigenvalue weighted by Crippen LogP contribution is -2.69. The number of carboxylic acids is 1. The number of carboxylic acid groups (broad SMARTS) is 1. The van der Waals surface area contributed by atoms with Crippen LogP contribution in [0, 0.1) is 50.2 Å². The number of aliphatic carboxylic acids is 1. The Hall–Kier alpha value is -2.54. The van der Waals surface area contributed by atoms with Crippen molar-refractivity contribution in [1.29, 1.82) is 0 Å². The second kappa shape index (κ2) is 13.8. The lowest BCUT2D eigenvalue weighted by molar-refractivity contribution is -0.316. The Morgan fingerprint density at radius 3 is 2.06 bits per heavy atom. The SMILES string of the molecule is CC(=O)O[C@@H]1[C@@H](OC(C)=O)[C@@H](O)[C@H](OC[C@]2(C)[C@@H](OC(C)=O)C[C@H](O)[C@]3(C)[C@H]4CC=C5[C@H]6C[C@](C)(C(=O)O)CC[C@]6(C)CC[C@@]5(C)[C@]4(C)CC[C@@H]23)O[C@H]1C. The molecule has 0 aromatic rings. The van der Waals surface area contributed by atoms with E-state index in [-0.39, 0.29) is 47.0 Å². The summed E-state index contributed by atoms with van der Waals surface area (Å²) in [5.41, 5.74) is -1.12. The molecule has 0 amide bonds. The molecule has 54 heavy (non-hydrogen) atoms. The van der Waals surface area contributed by atoms with Crippen LogP contribution < -0.4 is 0 Å². The van der Waals surface area contributed by atoms with Crippen LogP contribution in [0.4, 0.5) is 0 Å². The quantitative estimate of drug-likeness (QED) is 0.163. The van der Waals surface area contributed by atoms with E-state index in [0.29, 0.717) is 12.8 Å². The first-order chi connectivity index (χ1) is 25.0. The number of esters is 3. The molecule has 6 aliphatic rings. The number of aliphatic hydroxyl groups excluding tert-OH is 2. The van der Waals surface area contributed by atoms with E-state index in [2.05, 4.69) is 33.8 Å². The number of fused-ring (bicyclic) bond motifs is 7. The summed E-state index contributed by atoms with van der Waals surface area (Å²) < 4.78 is 29.4. The molecule has 0 spiro atoms. The van der Waals surface area contributed by atoms with Crippen molar-refractivity contribution in [1.82, 2.24) is 0 Å². The monoisotopic (exact) mass is 760 g/mol. The second-order valence-electron chi connectivity index (χ2n) is 19.4. The lowest BCUT2D eigenvalue weighted by atomic mass is 9.33. The summed E-state index contributed by atoms with van der Waals surface area (Å²) in [6.07, 6.45) is 1.94. The Morgan fingerprint density at radius 2 is 1.44 bits per heavy atom. The van der Waals surface area contributed by atoms with Crippen LogP contribution in [-0.4, -0.2) is 88.7 Å². The fourth-order valence-electron chi connectivity index (χ4n) is 12.9. The van der Waals surface area contributed by atoms with Gasteiger partial charge in [0.2, 0.25) is 0 Å². The van der Waals surface area contributed by atoms with Gasteiger partial charge < -0.3 is 39.0 Å². The maximum Gasteiger partial charge on any atom is 0.309 e. The molecule has 1 aliphatic heterocycles. The number of hydrogen-bond donors (Lipinski definition) is 3. The Balaban J connectivity index is 1.33. The van der Waals surface area contributed by atoms with E-state index in [0.717, 1.165) is 38.5 Å². The van der Waals surface area contributed by atoms with Crippen LogP contribution in [0.5, 0.6) is 0 Å². The molecule has 5 aliphatic carbocycles. The maximum absolute atomic E-state index is 12.6. The minimum atomic E-state index is -1.48. The fourth-order valence-corrected chi connectivity index (χ4v) is 12.9. The number of ether oxygens (including phenoxy) is 5. The molecule has 16 atom stereocenters. The first kappa shape index (κ1) is 41.1. The van der Waals surface area contributed by atoms with Crippen molar-refractivity contribution in [3.05, 3.63) is 11.6 Å².